The largest absolute Gasteiger partial charge is 0.480 e. The van der Waals surface area contributed by atoms with Crippen LogP contribution in [0, 0.1) is 0 Å². The topological polar surface area (TPSA) is 58.6 Å². The monoisotopic (exact) mass is 275 g/mol. The van der Waals surface area contributed by atoms with E-state index in [1.807, 2.05) is 0 Å². The Balaban J connectivity index is 2.00. The van der Waals surface area contributed by atoms with E-state index in [0.29, 0.717) is 5.75 Å². The summed E-state index contributed by atoms with van der Waals surface area (Å²) in [5.74, 6) is -0.316. The number of hydrogen-bond donors (Lipinski definition) is 2. The molecule has 18 heavy (non-hydrogen) atoms. The summed E-state index contributed by atoms with van der Waals surface area (Å²) in [5.41, 5.74) is 0.838. The minimum Gasteiger partial charge on any atom is -0.480 e. The van der Waals surface area contributed by atoms with E-state index >= 15 is 0 Å². The molecule has 1 fully saturated rings. The van der Waals surface area contributed by atoms with Crippen molar-refractivity contribution in [3.63, 3.8) is 0 Å². The van der Waals surface area contributed by atoms with Crippen LogP contribution in [-0.2, 0) is 4.79 Å². The summed E-state index contributed by atoms with van der Waals surface area (Å²) in [6, 6.07) is 5.60. The van der Waals surface area contributed by atoms with Gasteiger partial charge in [-0.25, -0.2) is 0 Å². The summed E-state index contributed by atoms with van der Waals surface area (Å²) >= 11 is 1.47. The lowest BCUT2D eigenvalue weighted by Crippen LogP contribution is -2.33. The van der Waals surface area contributed by atoms with Gasteiger partial charge in [0.25, 0.3) is 0 Å². The Kier molecular flexibility index (Phi) is 4.03. The third kappa shape index (κ3) is 3.11. The van der Waals surface area contributed by atoms with Gasteiger partial charge in [0, 0.05) is 5.75 Å². The predicted molar refractivity (Wildman–Crippen MR) is 62.8 cm³/mol. The molecule has 0 saturated carbocycles. The van der Waals surface area contributed by atoms with Gasteiger partial charge >= 0.3 is 12.6 Å². The quantitative estimate of drug-likeness (QED) is 0.881. The normalized spacial score (nSPS) is 23.3. The number of carbonyl (C=O) groups is 1. The Morgan fingerprint density at radius 2 is 2.11 bits per heavy atom. The maximum atomic E-state index is 12.0. The molecule has 0 aliphatic carbocycles. The molecule has 0 aromatic heterocycles. The summed E-state index contributed by atoms with van der Waals surface area (Å²) in [5, 5.41) is 11.7. The van der Waals surface area contributed by atoms with E-state index in [-0.39, 0.29) is 11.1 Å². The molecule has 1 unspecified atom stereocenters. The first kappa shape index (κ1) is 13.1. The Labute approximate surface area is 106 Å². The average Bonchev–Trinajstić information content (AvgIpc) is 2.78. The zero-order valence-corrected chi connectivity index (χ0v) is 9.99. The number of carboxylic acid groups (broad SMARTS) is 1. The van der Waals surface area contributed by atoms with Crippen LogP contribution in [0.4, 0.5) is 8.78 Å². The highest BCUT2D eigenvalue weighted by Crippen LogP contribution is 2.33. The molecule has 2 N–H and O–H groups in total. The van der Waals surface area contributed by atoms with Crippen molar-refractivity contribution in [2.45, 2.75) is 18.0 Å². The van der Waals surface area contributed by atoms with Crippen LogP contribution in [0.5, 0.6) is 5.75 Å². The predicted octanol–water partition coefficient (Wildman–Crippen LogP) is 2.08. The summed E-state index contributed by atoms with van der Waals surface area (Å²) in [4.78, 5) is 10.8. The van der Waals surface area contributed by atoms with Gasteiger partial charge in [0.05, 0.1) is 5.37 Å². The van der Waals surface area contributed by atoms with Crippen molar-refractivity contribution in [2.75, 3.05) is 5.75 Å². The molecule has 2 rings (SSSR count). The van der Waals surface area contributed by atoms with Gasteiger partial charge in [-0.3, -0.25) is 10.1 Å². The van der Waals surface area contributed by atoms with Crippen LogP contribution in [0.15, 0.2) is 24.3 Å². The van der Waals surface area contributed by atoms with Crippen LogP contribution < -0.4 is 10.1 Å². The fourth-order valence-electron chi connectivity index (χ4n) is 1.63. The number of carboxylic acids is 1. The summed E-state index contributed by atoms with van der Waals surface area (Å²) in [6.07, 6.45) is 0. The second kappa shape index (κ2) is 5.53. The number of nitrogens with one attached hydrogen (secondary N) is 1. The van der Waals surface area contributed by atoms with E-state index in [4.69, 9.17) is 5.11 Å². The molecule has 0 spiro atoms. The maximum Gasteiger partial charge on any atom is 0.387 e. The van der Waals surface area contributed by atoms with E-state index in [1.165, 1.54) is 23.9 Å². The highest BCUT2D eigenvalue weighted by Gasteiger charge is 2.30. The van der Waals surface area contributed by atoms with Crippen LogP contribution in [0.2, 0.25) is 0 Å². The van der Waals surface area contributed by atoms with Gasteiger partial charge in [-0.05, 0) is 17.7 Å². The lowest BCUT2D eigenvalue weighted by Gasteiger charge is -2.12. The van der Waals surface area contributed by atoms with Crippen LogP contribution in [0.1, 0.15) is 10.9 Å². The number of benzene rings is 1. The average molecular weight is 275 g/mol. The zero-order chi connectivity index (χ0) is 13.1. The van der Waals surface area contributed by atoms with Crippen molar-refractivity contribution in [1.82, 2.24) is 5.32 Å². The van der Waals surface area contributed by atoms with Gasteiger partial charge in [0.2, 0.25) is 0 Å². The van der Waals surface area contributed by atoms with Crippen LogP contribution in [0.3, 0.4) is 0 Å². The SMILES string of the molecule is O=C(O)[C@@H]1CSC(c2ccc(OC(F)F)cc2)N1. The first-order valence-electron chi connectivity index (χ1n) is 5.21. The molecule has 7 heteroatoms. The zero-order valence-electron chi connectivity index (χ0n) is 9.18. The standard InChI is InChI=1S/C11H11F2NO3S/c12-11(13)17-7-3-1-6(2-4-7)9-14-8(5-18-9)10(15)16/h1-4,8-9,11,14H,5H2,(H,15,16)/t8-,9?/m0/s1. The molecule has 0 bridgehead atoms. The second-order valence-corrected chi connectivity index (χ2v) is 4.86. The molecule has 1 aliphatic heterocycles. The van der Waals surface area contributed by atoms with Crippen molar-refractivity contribution in [1.29, 1.82) is 0 Å². The van der Waals surface area contributed by atoms with Crippen molar-refractivity contribution in [3.05, 3.63) is 29.8 Å². The number of alkyl halides is 2. The first-order chi connectivity index (χ1) is 8.56. The van der Waals surface area contributed by atoms with E-state index in [1.54, 1.807) is 12.1 Å². The number of ether oxygens (including phenoxy) is 1. The maximum absolute atomic E-state index is 12.0. The lowest BCUT2D eigenvalue weighted by molar-refractivity contribution is -0.138. The molecule has 1 aromatic carbocycles. The van der Waals surface area contributed by atoms with Gasteiger partial charge in [0.15, 0.2) is 0 Å². The molecule has 1 heterocycles. The lowest BCUT2D eigenvalue weighted by atomic mass is 10.2. The molecule has 4 nitrogen and oxygen atoms in total. The van der Waals surface area contributed by atoms with Crippen LogP contribution >= 0.6 is 11.8 Å². The molecular formula is C11H11F2NO3S. The summed E-state index contributed by atoms with van der Waals surface area (Å²) in [7, 11) is 0. The van der Waals surface area contributed by atoms with Crippen molar-refractivity contribution in [2.24, 2.45) is 0 Å². The fourth-order valence-corrected chi connectivity index (χ4v) is 2.86. The van der Waals surface area contributed by atoms with Gasteiger partial charge in [-0.15, -0.1) is 11.8 Å². The van der Waals surface area contributed by atoms with Crippen molar-refractivity contribution >= 4 is 17.7 Å². The van der Waals surface area contributed by atoms with Crippen molar-refractivity contribution in [3.8, 4) is 5.75 Å². The first-order valence-corrected chi connectivity index (χ1v) is 6.26. The molecule has 0 amide bonds. The fraction of sp³-hybridized carbons (Fsp3) is 0.364. The molecule has 2 atom stereocenters. The second-order valence-electron chi connectivity index (χ2n) is 3.72. The highest BCUT2D eigenvalue weighted by atomic mass is 32.2. The number of aliphatic carboxylic acids is 1. The summed E-state index contributed by atoms with van der Waals surface area (Å²) in [6.45, 7) is -2.84. The number of rotatable bonds is 4. The van der Waals surface area contributed by atoms with E-state index in [9.17, 15) is 13.6 Å². The third-order valence-electron chi connectivity index (χ3n) is 2.49. The van der Waals surface area contributed by atoms with Crippen molar-refractivity contribution < 1.29 is 23.4 Å². The molecular weight excluding hydrogens is 264 g/mol. The Morgan fingerprint density at radius 1 is 1.44 bits per heavy atom. The van der Waals surface area contributed by atoms with E-state index < -0.39 is 18.6 Å². The Hall–Kier alpha value is -1.34. The van der Waals surface area contributed by atoms with Crippen LogP contribution in [0.25, 0.3) is 0 Å². The van der Waals surface area contributed by atoms with Gasteiger partial charge in [-0.2, -0.15) is 8.78 Å². The van der Waals surface area contributed by atoms with Gasteiger partial charge < -0.3 is 9.84 Å². The van der Waals surface area contributed by atoms with E-state index in [0.717, 1.165) is 5.56 Å². The minimum absolute atomic E-state index is 0.0894. The number of halogens is 2. The molecule has 0 radical (unpaired) electrons. The smallest absolute Gasteiger partial charge is 0.387 e. The molecule has 98 valence electrons. The van der Waals surface area contributed by atoms with Gasteiger partial charge in [-0.1, -0.05) is 12.1 Å². The van der Waals surface area contributed by atoms with Crippen LogP contribution in [-0.4, -0.2) is 29.5 Å². The Bertz CT molecular complexity index is 427. The molecule has 1 saturated heterocycles. The summed E-state index contributed by atoms with van der Waals surface area (Å²) < 4.78 is 28.2. The minimum atomic E-state index is -2.84. The van der Waals surface area contributed by atoms with E-state index in [2.05, 4.69) is 10.1 Å². The van der Waals surface area contributed by atoms with Gasteiger partial charge in [0.1, 0.15) is 11.8 Å². The molecule has 1 aliphatic rings. The third-order valence-corrected chi connectivity index (χ3v) is 3.76. The highest BCUT2D eigenvalue weighted by molar-refractivity contribution is 7.99. The number of hydrogen-bond acceptors (Lipinski definition) is 4. The Morgan fingerprint density at radius 3 is 2.61 bits per heavy atom. The molecule has 1 aromatic rings. The number of thioether (sulfide) groups is 1.